The van der Waals surface area contributed by atoms with Crippen molar-refractivity contribution >= 4 is 66.2 Å². The van der Waals surface area contributed by atoms with Gasteiger partial charge in [-0.1, -0.05) is 34.8 Å². The number of benzene rings is 2. The Kier molecular flexibility index (Phi) is 6.25. The van der Waals surface area contributed by atoms with Crippen LogP contribution in [0.1, 0.15) is 0 Å². The van der Waals surface area contributed by atoms with Crippen LogP contribution in [0.3, 0.4) is 0 Å². The van der Waals surface area contributed by atoms with Crippen LogP contribution in [0.2, 0.25) is 15.2 Å². The third-order valence-electron chi connectivity index (χ3n) is 3.58. The van der Waals surface area contributed by atoms with Crippen molar-refractivity contribution in [3.63, 3.8) is 0 Å². The van der Waals surface area contributed by atoms with Crippen LogP contribution < -0.4 is 9.44 Å². The number of hydrogen-bond acceptors (Lipinski definition) is 5. The molecule has 0 saturated heterocycles. The van der Waals surface area contributed by atoms with Crippen molar-refractivity contribution in [1.29, 1.82) is 0 Å². The van der Waals surface area contributed by atoms with Crippen molar-refractivity contribution < 1.29 is 16.8 Å². The van der Waals surface area contributed by atoms with Gasteiger partial charge < -0.3 is 0 Å². The molecule has 0 bridgehead atoms. The summed E-state index contributed by atoms with van der Waals surface area (Å²) in [6.07, 6.45) is 1.34. The molecule has 12 heteroatoms. The number of hydrogen-bond donors (Lipinski definition) is 2. The Balaban J connectivity index is 1.94. The molecule has 3 rings (SSSR count). The molecular formula is C17H12Cl3N3O4S2. The number of halogens is 3. The van der Waals surface area contributed by atoms with Gasteiger partial charge in [-0.2, -0.15) is 0 Å². The van der Waals surface area contributed by atoms with Crippen molar-refractivity contribution in [1.82, 2.24) is 4.98 Å². The van der Waals surface area contributed by atoms with E-state index in [0.717, 1.165) is 6.07 Å². The third-order valence-corrected chi connectivity index (χ3v) is 7.52. The van der Waals surface area contributed by atoms with Gasteiger partial charge in [-0.05, 0) is 54.6 Å². The molecule has 1 aromatic heterocycles. The zero-order chi connectivity index (χ0) is 21.2. The van der Waals surface area contributed by atoms with Crippen LogP contribution in [-0.4, -0.2) is 21.8 Å². The molecule has 3 aromatic rings. The van der Waals surface area contributed by atoms with Crippen molar-refractivity contribution in [3.8, 4) is 0 Å². The Morgan fingerprint density at radius 2 is 1.31 bits per heavy atom. The number of pyridine rings is 1. The molecule has 0 radical (unpaired) electrons. The van der Waals surface area contributed by atoms with Crippen molar-refractivity contribution in [2.75, 3.05) is 9.44 Å². The summed E-state index contributed by atoms with van der Waals surface area (Å²) < 4.78 is 55.1. The maximum absolute atomic E-state index is 12.7. The number of anilines is 2. The summed E-state index contributed by atoms with van der Waals surface area (Å²) in [4.78, 5) is 3.16. The summed E-state index contributed by atoms with van der Waals surface area (Å²) in [5.41, 5.74) is 0.240. The molecule has 152 valence electrons. The maximum atomic E-state index is 12.7. The molecule has 0 aliphatic heterocycles. The predicted molar refractivity (Wildman–Crippen MR) is 114 cm³/mol. The van der Waals surface area contributed by atoms with Gasteiger partial charge in [0.1, 0.15) is 14.9 Å². The summed E-state index contributed by atoms with van der Waals surface area (Å²) in [5.74, 6) is 0. The summed E-state index contributed by atoms with van der Waals surface area (Å²) in [5, 5.41) is 0.136. The molecule has 7 nitrogen and oxygen atoms in total. The molecule has 0 aliphatic carbocycles. The number of nitrogens with zero attached hydrogens (tertiary/aromatic N) is 1. The molecule has 0 unspecified atom stereocenters. The van der Waals surface area contributed by atoms with Crippen molar-refractivity contribution in [3.05, 3.63) is 76.0 Å². The van der Waals surface area contributed by atoms with Gasteiger partial charge in [0.25, 0.3) is 20.0 Å². The summed E-state index contributed by atoms with van der Waals surface area (Å²) in [7, 11) is -8.21. The van der Waals surface area contributed by atoms with Crippen LogP contribution in [0.15, 0.2) is 70.6 Å². The standard InChI is InChI=1S/C17H12Cl3N3O4S2/c18-11-3-5-12(6-4-11)22-29(26,27)16-10-13(7-8-14(16)19)23-28(24,25)15-2-1-9-21-17(15)20/h1-10,22-23H. The SMILES string of the molecule is O=S(=O)(Nc1ccc(Cl)cc1)c1cc(NS(=O)(=O)c2cccnc2Cl)ccc1Cl. The van der Waals surface area contributed by atoms with E-state index in [0.29, 0.717) is 5.02 Å². The third kappa shape index (κ3) is 5.12. The quantitative estimate of drug-likeness (QED) is 0.488. The first-order valence-corrected chi connectivity index (χ1v) is 11.9. The Hall–Kier alpha value is -2.04. The zero-order valence-electron chi connectivity index (χ0n) is 14.3. The van der Waals surface area contributed by atoms with Gasteiger partial charge in [0.15, 0.2) is 0 Å². The van der Waals surface area contributed by atoms with E-state index >= 15 is 0 Å². The van der Waals surface area contributed by atoms with Crippen LogP contribution >= 0.6 is 34.8 Å². The normalized spacial score (nSPS) is 11.8. The van der Waals surface area contributed by atoms with Gasteiger partial charge in [-0.15, -0.1) is 0 Å². The van der Waals surface area contributed by atoms with Crippen molar-refractivity contribution in [2.24, 2.45) is 0 Å². The van der Waals surface area contributed by atoms with E-state index in [2.05, 4.69) is 14.4 Å². The molecule has 0 spiro atoms. The van der Waals surface area contributed by atoms with Gasteiger partial charge in [0.05, 0.1) is 10.7 Å². The van der Waals surface area contributed by atoms with E-state index in [4.69, 9.17) is 34.8 Å². The minimum absolute atomic E-state index is 0.0224. The second-order valence-electron chi connectivity index (χ2n) is 5.66. The second kappa shape index (κ2) is 8.37. The van der Waals surface area contributed by atoms with Crippen LogP contribution in [0.25, 0.3) is 0 Å². The minimum Gasteiger partial charge on any atom is -0.280 e. The molecule has 0 fully saturated rings. The minimum atomic E-state index is -4.11. The smallest absolute Gasteiger partial charge is 0.264 e. The molecule has 2 aromatic carbocycles. The molecule has 0 aliphatic rings. The summed E-state index contributed by atoms with van der Waals surface area (Å²) in [6.45, 7) is 0. The first-order chi connectivity index (χ1) is 13.6. The highest BCUT2D eigenvalue weighted by Gasteiger charge is 2.22. The Bertz CT molecular complexity index is 1270. The lowest BCUT2D eigenvalue weighted by atomic mass is 10.3. The second-order valence-corrected chi connectivity index (χ2v) is 10.2. The molecule has 1 heterocycles. The fourth-order valence-corrected chi connectivity index (χ4v) is 5.50. The predicted octanol–water partition coefficient (Wildman–Crippen LogP) is 4.64. The van der Waals surface area contributed by atoms with Crippen LogP contribution in [0.5, 0.6) is 0 Å². The number of sulfonamides is 2. The van der Waals surface area contributed by atoms with Gasteiger partial charge in [-0.3, -0.25) is 9.44 Å². The summed E-state index contributed by atoms with van der Waals surface area (Å²) >= 11 is 17.7. The van der Waals surface area contributed by atoms with Gasteiger partial charge >= 0.3 is 0 Å². The van der Waals surface area contributed by atoms with E-state index in [9.17, 15) is 16.8 Å². The lowest BCUT2D eigenvalue weighted by Crippen LogP contribution is -2.16. The first-order valence-electron chi connectivity index (χ1n) is 7.80. The van der Waals surface area contributed by atoms with Crippen LogP contribution in [0, 0.1) is 0 Å². The lowest BCUT2D eigenvalue weighted by molar-refractivity contribution is 0.598. The molecule has 0 atom stereocenters. The van der Waals surface area contributed by atoms with E-state index < -0.39 is 20.0 Å². The highest BCUT2D eigenvalue weighted by molar-refractivity contribution is 7.93. The lowest BCUT2D eigenvalue weighted by Gasteiger charge is -2.13. The van der Waals surface area contributed by atoms with Gasteiger partial charge in [0, 0.05) is 16.9 Å². The van der Waals surface area contributed by atoms with Gasteiger partial charge in [-0.25, -0.2) is 21.8 Å². The topological polar surface area (TPSA) is 105 Å². The fraction of sp³-hybridized carbons (Fsp3) is 0. The highest BCUT2D eigenvalue weighted by Crippen LogP contribution is 2.29. The summed E-state index contributed by atoms with van der Waals surface area (Å²) in [6, 6.07) is 12.4. The van der Waals surface area contributed by atoms with Crippen molar-refractivity contribution in [2.45, 2.75) is 9.79 Å². The number of rotatable bonds is 6. The van der Waals surface area contributed by atoms with Crippen LogP contribution in [0.4, 0.5) is 11.4 Å². The molecule has 29 heavy (non-hydrogen) atoms. The molecule has 0 amide bonds. The monoisotopic (exact) mass is 491 g/mol. The van der Waals surface area contributed by atoms with E-state index in [1.54, 1.807) is 0 Å². The fourth-order valence-electron chi connectivity index (χ4n) is 2.28. The Morgan fingerprint density at radius 3 is 1.97 bits per heavy atom. The van der Waals surface area contributed by atoms with E-state index in [-0.39, 0.29) is 31.3 Å². The number of nitrogens with one attached hydrogen (secondary N) is 2. The average molecular weight is 493 g/mol. The van der Waals surface area contributed by atoms with E-state index in [1.165, 1.54) is 54.7 Å². The molecule has 0 saturated carbocycles. The maximum Gasteiger partial charge on any atom is 0.264 e. The number of aromatic nitrogens is 1. The Morgan fingerprint density at radius 1 is 0.724 bits per heavy atom. The largest absolute Gasteiger partial charge is 0.280 e. The van der Waals surface area contributed by atoms with E-state index in [1.807, 2.05) is 0 Å². The zero-order valence-corrected chi connectivity index (χ0v) is 18.2. The van der Waals surface area contributed by atoms with Gasteiger partial charge in [0.2, 0.25) is 0 Å². The molecular weight excluding hydrogens is 481 g/mol. The first kappa shape index (κ1) is 21.7. The highest BCUT2D eigenvalue weighted by atomic mass is 35.5. The van der Waals surface area contributed by atoms with Crippen LogP contribution in [-0.2, 0) is 20.0 Å². The average Bonchev–Trinajstić information content (AvgIpc) is 2.65. The molecule has 2 N–H and O–H groups in total. The Labute approximate surface area is 182 Å².